The minimum atomic E-state index is -1.07. The molecular formula is C8H16N3O2. The second-order valence-corrected chi connectivity index (χ2v) is 3.63. The van der Waals surface area contributed by atoms with Crippen LogP contribution in [0.15, 0.2) is 0 Å². The average molecular weight is 186 g/mol. The van der Waals surface area contributed by atoms with E-state index in [0.717, 1.165) is 24.0 Å². The number of nitrogens with one attached hydrogen (secondary N) is 1. The van der Waals surface area contributed by atoms with Crippen molar-refractivity contribution >= 4 is 6.09 Å². The van der Waals surface area contributed by atoms with Crippen molar-refractivity contribution in [2.24, 2.45) is 11.8 Å². The molecule has 5 heteroatoms. The summed E-state index contributed by atoms with van der Waals surface area (Å²) in [4.78, 5) is 10.7. The lowest BCUT2D eigenvalue weighted by molar-refractivity contribution is 0.0949. The molecule has 0 aliphatic carbocycles. The van der Waals surface area contributed by atoms with Crippen LogP contribution in [0, 0.1) is 11.8 Å². The molecule has 4 N–H and O–H groups in total. The van der Waals surface area contributed by atoms with Crippen LogP contribution in [0.3, 0.4) is 0 Å². The Labute approximate surface area is 77.9 Å². The van der Waals surface area contributed by atoms with Gasteiger partial charge in [0, 0.05) is 19.0 Å². The Kier molecular flexibility index (Phi) is 3.11. The second kappa shape index (κ2) is 3.93. The largest absolute Gasteiger partial charge is 0.464 e. The monoisotopic (exact) mass is 186 g/mol. The highest BCUT2D eigenvalue weighted by Gasteiger charge is 2.35. The molecule has 1 unspecified atom stereocenters. The van der Waals surface area contributed by atoms with Gasteiger partial charge in [0.2, 0.25) is 0 Å². The molecule has 13 heavy (non-hydrogen) atoms. The molecule has 1 radical (unpaired) electrons. The van der Waals surface area contributed by atoms with Crippen LogP contribution in [-0.2, 0) is 0 Å². The third kappa shape index (κ3) is 2.10. The number of carboxylic acid groups (broad SMARTS) is 1. The smallest absolute Gasteiger partial charge is 0.421 e. The lowest BCUT2D eigenvalue weighted by Crippen LogP contribution is -2.59. The number of hydrazine groups is 1. The van der Waals surface area contributed by atoms with Crippen molar-refractivity contribution in [2.45, 2.75) is 19.9 Å². The maximum absolute atomic E-state index is 10.7. The van der Waals surface area contributed by atoms with Crippen LogP contribution >= 0.6 is 0 Å². The third-order valence-corrected chi connectivity index (χ3v) is 2.37. The first-order chi connectivity index (χ1) is 6.04. The number of hydrogen-bond acceptors (Lipinski definition) is 3. The van der Waals surface area contributed by atoms with Gasteiger partial charge in [-0.3, -0.25) is 0 Å². The number of amides is 1. The zero-order chi connectivity index (χ0) is 10.0. The summed E-state index contributed by atoms with van der Waals surface area (Å²) in [6.07, 6.45) is -1.07. The summed E-state index contributed by atoms with van der Waals surface area (Å²) < 4.78 is 0. The standard InChI is InChI=1S/C8H16N3O2/c1-5(2)7(6-3-10-4-6)11(9)8(12)13/h6-7,10H,3-4,9H2,1-2H3,(H,12,13). The molecule has 0 spiro atoms. The number of hydrogen-bond donors (Lipinski definition) is 3. The topological polar surface area (TPSA) is 78.6 Å². The van der Waals surface area contributed by atoms with E-state index in [1.165, 1.54) is 0 Å². The van der Waals surface area contributed by atoms with Crippen LogP contribution in [0.4, 0.5) is 4.79 Å². The Hall–Kier alpha value is -0.810. The molecule has 0 aromatic carbocycles. The molecule has 0 bridgehead atoms. The van der Waals surface area contributed by atoms with Crippen LogP contribution in [0.1, 0.15) is 13.8 Å². The van der Waals surface area contributed by atoms with E-state index in [4.69, 9.17) is 10.9 Å². The van der Waals surface area contributed by atoms with Gasteiger partial charge in [-0.25, -0.2) is 15.6 Å². The van der Waals surface area contributed by atoms with Crippen molar-refractivity contribution in [1.82, 2.24) is 10.3 Å². The van der Waals surface area contributed by atoms with Gasteiger partial charge in [0.15, 0.2) is 0 Å². The summed E-state index contributed by atoms with van der Waals surface area (Å²) in [7, 11) is 0. The number of nitrogens with zero attached hydrogens (tertiary/aromatic N) is 1. The van der Waals surface area contributed by atoms with Crippen molar-refractivity contribution in [2.75, 3.05) is 13.1 Å². The molecule has 1 rings (SSSR count). The Balaban J connectivity index is 2.60. The summed E-state index contributed by atoms with van der Waals surface area (Å²) in [5, 5.41) is 12.7. The Morgan fingerprint density at radius 1 is 1.62 bits per heavy atom. The average Bonchev–Trinajstić information content (AvgIpc) is 1.94. The first kappa shape index (κ1) is 10.3. The highest BCUT2D eigenvalue weighted by Crippen LogP contribution is 2.22. The predicted octanol–water partition coefficient (Wildman–Crippen LogP) is 0.0424. The van der Waals surface area contributed by atoms with Crippen LogP contribution in [0.5, 0.6) is 0 Å². The molecule has 0 aromatic heterocycles. The van der Waals surface area contributed by atoms with E-state index < -0.39 is 6.09 Å². The summed E-state index contributed by atoms with van der Waals surface area (Å²) in [6, 6.07) is -0.154. The summed E-state index contributed by atoms with van der Waals surface area (Å²) in [6.45, 7) is 5.51. The van der Waals surface area contributed by atoms with Crippen molar-refractivity contribution in [3.63, 3.8) is 0 Å². The third-order valence-electron chi connectivity index (χ3n) is 2.37. The fourth-order valence-electron chi connectivity index (χ4n) is 1.63. The second-order valence-electron chi connectivity index (χ2n) is 3.63. The SMILES string of the molecule is C[C](C)C(C1CNC1)N(N)C(=O)O. The lowest BCUT2D eigenvalue weighted by Gasteiger charge is -2.40. The quantitative estimate of drug-likeness (QED) is 0.330. The fraction of sp³-hybridized carbons (Fsp3) is 0.750. The summed E-state index contributed by atoms with van der Waals surface area (Å²) in [5.41, 5.74) is 0. The molecule has 1 aliphatic heterocycles. The number of carbonyl (C=O) groups is 1. The maximum atomic E-state index is 10.7. The van der Waals surface area contributed by atoms with E-state index >= 15 is 0 Å². The van der Waals surface area contributed by atoms with Gasteiger partial charge in [0.05, 0.1) is 6.04 Å². The van der Waals surface area contributed by atoms with E-state index in [1.54, 1.807) is 0 Å². The zero-order valence-electron chi connectivity index (χ0n) is 7.95. The highest BCUT2D eigenvalue weighted by atomic mass is 16.4. The minimum Gasteiger partial charge on any atom is -0.464 e. The molecular weight excluding hydrogens is 170 g/mol. The minimum absolute atomic E-state index is 0.154. The van der Waals surface area contributed by atoms with E-state index in [9.17, 15) is 4.79 Å². The molecule has 1 fully saturated rings. The van der Waals surface area contributed by atoms with Gasteiger partial charge in [-0.1, -0.05) is 13.8 Å². The maximum Gasteiger partial charge on any atom is 0.421 e. The van der Waals surface area contributed by atoms with Gasteiger partial charge < -0.3 is 10.4 Å². The fourth-order valence-corrected chi connectivity index (χ4v) is 1.63. The summed E-state index contributed by atoms with van der Waals surface area (Å²) in [5.74, 6) is 6.82. The Morgan fingerprint density at radius 3 is 2.38 bits per heavy atom. The van der Waals surface area contributed by atoms with Crippen molar-refractivity contribution in [3.05, 3.63) is 5.92 Å². The van der Waals surface area contributed by atoms with Crippen molar-refractivity contribution in [3.8, 4) is 0 Å². The van der Waals surface area contributed by atoms with Gasteiger partial charge in [0.25, 0.3) is 0 Å². The zero-order valence-corrected chi connectivity index (χ0v) is 7.95. The molecule has 75 valence electrons. The lowest BCUT2D eigenvalue weighted by atomic mass is 9.86. The normalized spacial score (nSPS) is 19.7. The van der Waals surface area contributed by atoms with Gasteiger partial charge in [-0.15, -0.1) is 0 Å². The van der Waals surface area contributed by atoms with Gasteiger partial charge >= 0.3 is 6.09 Å². The molecule has 1 heterocycles. The van der Waals surface area contributed by atoms with Gasteiger partial charge in [-0.05, 0) is 5.92 Å². The molecule has 0 aromatic rings. The molecule has 5 nitrogen and oxygen atoms in total. The van der Waals surface area contributed by atoms with E-state index in [0.29, 0.717) is 5.92 Å². The van der Waals surface area contributed by atoms with Gasteiger partial charge in [-0.2, -0.15) is 0 Å². The van der Waals surface area contributed by atoms with Gasteiger partial charge in [0.1, 0.15) is 0 Å². The summed E-state index contributed by atoms with van der Waals surface area (Å²) >= 11 is 0. The molecule has 0 saturated carbocycles. The first-order valence-electron chi connectivity index (χ1n) is 4.31. The van der Waals surface area contributed by atoms with E-state index in [2.05, 4.69) is 5.32 Å². The molecule has 1 saturated heterocycles. The van der Waals surface area contributed by atoms with Crippen LogP contribution < -0.4 is 11.2 Å². The van der Waals surface area contributed by atoms with E-state index in [1.807, 2.05) is 13.8 Å². The van der Waals surface area contributed by atoms with Crippen LogP contribution in [-0.4, -0.2) is 35.3 Å². The number of nitrogens with two attached hydrogens (primary N) is 1. The predicted molar refractivity (Wildman–Crippen MR) is 48.8 cm³/mol. The van der Waals surface area contributed by atoms with E-state index in [-0.39, 0.29) is 6.04 Å². The van der Waals surface area contributed by atoms with Crippen molar-refractivity contribution in [1.29, 1.82) is 0 Å². The van der Waals surface area contributed by atoms with Crippen LogP contribution in [0.25, 0.3) is 0 Å². The van der Waals surface area contributed by atoms with Crippen molar-refractivity contribution < 1.29 is 9.90 Å². The Bertz CT molecular complexity index is 192. The highest BCUT2D eigenvalue weighted by molar-refractivity contribution is 5.65. The molecule has 1 amide bonds. The molecule has 1 atom stereocenters. The Morgan fingerprint density at radius 2 is 2.15 bits per heavy atom. The molecule has 1 aliphatic rings. The van der Waals surface area contributed by atoms with Crippen LogP contribution in [0.2, 0.25) is 0 Å². The first-order valence-corrected chi connectivity index (χ1v) is 4.31. The number of rotatable bonds is 3.